The molecule has 1 aliphatic heterocycles. The van der Waals surface area contributed by atoms with E-state index in [1.54, 1.807) is 0 Å². The van der Waals surface area contributed by atoms with Gasteiger partial charge in [0.15, 0.2) is 0 Å². The Morgan fingerprint density at radius 2 is 1.95 bits per heavy atom. The average molecular weight is 338 g/mol. The Morgan fingerprint density at radius 3 is 2.55 bits per heavy atom. The smallest absolute Gasteiger partial charge is 0.222 e. The summed E-state index contributed by atoms with van der Waals surface area (Å²) in [7, 11) is 0. The third-order valence-corrected chi connectivity index (χ3v) is 4.02. The second-order valence-corrected chi connectivity index (χ2v) is 5.53. The summed E-state index contributed by atoms with van der Waals surface area (Å²) in [5, 5.41) is 4.69. The minimum Gasteiger partial charge on any atom is -0.343 e. The van der Waals surface area contributed by atoms with Gasteiger partial charge in [0.2, 0.25) is 5.91 Å². The molecule has 1 heterocycles. The molecule has 3 nitrogen and oxygen atoms in total. The largest absolute Gasteiger partial charge is 0.343 e. The highest BCUT2D eigenvalue weighted by Crippen LogP contribution is 2.23. The van der Waals surface area contributed by atoms with Crippen LogP contribution in [0.1, 0.15) is 24.8 Å². The van der Waals surface area contributed by atoms with Crippen molar-refractivity contribution in [1.29, 1.82) is 0 Å². The Labute approximate surface area is 136 Å². The number of halogens is 3. The van der Waals surface area contributed by atoms with E-state index in [1.807, 2.05) is 23.1 Å². The molecule has 20 heavy (non-hydrogen) atoms. The molecule has 1 N–H and O–H groups in total. The SMILES string of the molecule is Cl.O=C1CCCN1CCCNCc1c(Cl)cccc1Cl. The first-order chi connectivity index (χ1) is 9.18. The van der Waals surface area contributed by atoms with Crippen LogP contribution in [0.4, 0.5) is 0 Å². The predicted molar refractivity (Wildman–Crippen MR) is 85.8 cm³/mol. The second kappa shape index (κ2) is 8.73. The third kappa shape index (κ3) is 4.81. The maximum absolute atomic E-state index is 11.4. The van der Waals surface area contributed by atoms with Crippen LogP contribution in [0, 0.1) is 0 Å². The topological polar surface area (TPSA) is 32.3 Å². The van der Waals surface area contributed by atoms with Crippen LogP contribution in [0.2, 0.25) is 10.0 Å². The highest BCUT2D eigenvalue weighted by atomic mass is 35.5. The van der Waals surface area contributed by atoms with Gasteiger partial charge in [-0.25, -0.2) is 0 Å². The van der Waals surface area contributed by atoms with E-state index >= 15 is 0 Å². The number of benzene rings is 1. The van der Waals surface area contributed by atoms with Gasteiger partial charge in [0.05, 0.1) is 0 Å². The van der Waals surface area contributed by atoms with Gasteiger partial charge in [0, 0.05) is 41.7 Å². The van der Waals surface area contributed by atoms with Crippen molar-refractivity contribution in [3.8, 4) is 0 Å². The molecular formula is C14H19Cl3N2O. The van der Waals surface area contributed by atoms with Crippen LogP contribution >= 0.6 is 35.6 Å². The molecule has 1 aliphatic rings. The molecule has 0 aliphatic carbocycles. The summed E-state index contributed by atoms with van der Waals surface area (Å²) in [5.41, 5.74) is 0.933. The number of carbonyl (C=O) groups excluding carboxylic acids is 1. The zero-order valence-electron chi connectivity index (χ0n) is 11.2. The summed E-state index contributed by atoms with van der Waals surface area (Å²) in [6.45, 7) is 3.26. The molecule has 1 aromatic carbocycles. The van der Waals surface area contributed by atoms with E-state index in [0.29, 0.717) is 23.0 Å². The number of nitrogens with one attached hydrogen (secondary N) is 1. The lowest BCUT2D eigenvalue weighted by molar-refractivity contribution is -0.127. The molecular weight excluding hydrogens is 319 g/mol. The third-order valence-electron chi connectivity index (χ3n) is 3.32. The lowest BCUT2D eigenvalue weighted by Gasteiger charge is -2.15. The standard InChI is InChI=1S/C14H18Cl2N2O.ClH/c15-12-4-1-5-13(16)11(12)10-17-7-3-9-18-8-2-6-14(18)19;/h1,4-5,17H,2-3,6-10H2;1H. The van der Waals surface area contributed by atoms with E-state index in [4.69, 9.17) is 23.2 Å². The maximum Gasteiger partial charge on any atom is 0.222 e. The van der Waals surface area contributed by atoms with Gasteiger partial charge < -0.3 is 10.2 Å². The van der Waals surface area contributed by atoms with Gasteiger partial charge in [-0.05, 0) is 31.5 Å². The quantitative estimate of drug-likeness (QED) is 0.806. The molecule has 112 valence electrons. The zero-order valence-corrected chi connectivity index (χ0v) is 13.5. The molecule has 6 heteroatoms. The lowest BCUT2D eigenvalue weighted by Crippen LogP contribution is -2.28. The van der Waals surface area contributed by atoms with Crippen molar-refractivity contribution in [1.82, 2.24) is 10.2 Å². The predicted octanol–water partition coefficient (Wildman–Crippen LogP) is 3.52. The van der Waals surface area contributed by atoms with Gasteiger partial charge in [0.1, 0.15) is 0 Å². The van der Waals surface area contributed by atoms with Gasteiger partial charge in [0.25, 0.3) is 0 Å². The number of hydrogen-bond donors (Lipinski definition) is 1. The van der Waals surface area contributed by atoms with Crippen LogP contribution in [-0.4, -0.2) is 30.4 Å². The number of carbonyl (C=O) groups is 1. The van der Waals surface area contributed by atoms with Crippen LogP contribution in [0.5, 0.6) is 0 Å². The lowest BCUT2D eigenvalue weighted by atomic mass is 10.2. The Bertz CT molecular complexity index is 434. The molecule has 1 fully saturated rings. The highest BCUT2D eigenvalue weighted by Gasteiger charge is 2.18. The van der Waals surface area contributed by atoms with Crippen LogP contribution in [0.3, 0.4) is 0 Å². The Hall–Kier alpha value is -0.480. The summed E-state index contributed by atoms with van der Waals surface area (Å²) < 4.78 is 0. The minimum atomic E-state index is 0. The zero-order chi connectivity index (χ0) is 13.7. The van der Waals surface area contributed by atoms with E-state index in [9.17, 15) is 4.79 Å². The molecule has 0 atom stereocenters. The van der Waals surface area contributed by atoms with Crippen LogP contribution in [0.25, 0.3) is 0 Å². The van der Waals surface area contributed by atoms with E-state index in [2.05, 4.69) is 5.32 Å². The van der Waals surface area contributed by atoms with Crippen molar-refractivity contribution in [3.63, 3.8) is 0 Å². The fourth-order valence-electron chi connectivity index (χ4n) is 2.25. The van der Waals surface area contributed by atoms with E-state index in [1.165, 1.54) is 0 Å². The van der Waals surface area contributed by atoms with Gasteiger partial charge in [-0.3, -0.25) is 4.79 Å². The summed E-state index contributed by atoms with van der Waals surface area (Å²) in [6, 6.07) is 5.52. The average Bonchev–Trinajstić information content (AvgIpc) is 2.78. The van der Waals surface area contributed by atoms with Gasteiger partial charge >= 0.3 is 0 Å². The number of likely N-dealkylation sites (tertiary alicyclic amines) is 1. The highest BCUT2D eigenvalue weighted by molar-refractivity contribution is 6.35. The number of hydrogen-bond acceptors (Lipinski definition) is 2. The summed E-state index contributed by atoms with van der Waals surface area (Å²) in [4.78, 5) is 13.4. The number of rotatable bonds is 6. The Morgan fingerprint density at radius 1 is 1.25 bits per heavy atom. The molecule has 0 unspecified atom stereocenters. The second-order valence-electron chi connectivity index (χ2n) is 4.71. The van der Waals surface area contributed by atoms with Crippen molar-refractivity contribution in [2.24, 2.45) is 0 Å². The molecule has 0 spiro atoms. The fourth-order valence-corrected chi connectivity index (χ4v) is 2.78. The van der Waals surface area contributed by atoms with Crippen LogP contribution < -0.4 is 5.32 Å². The van der Waals surface area contributed by atoms with Crippen molar-refractivity contribution in [3.05, 3.63) is 33.8 Å². The molecule has 0 radical (unpaired) electrons. The van der Waals surface area contributed by atoms with Crippen molar-refractivity contribution < 1.29 is 4.79 Å². The maximum atomic E-state index is 11.4. The summed E-state index contributed by atoms with van der Waals surface area (Å²) >= 11 is 12.2. The molecule has 0 bridgehead atoms. The monoisotopic (exact) mass is 336 g/mol. The van der Waals surface area contributed by atoms with E-state index in [0.717, 1.165) is 38.0 Å². The van der Waals surface area contributed by atoms with E-state index in [-0.39, 0.29) is 18.3 Å². The van der Waals surface area contributed by atoms with Crippen molar-refractivity contribution in [2.75, 3.05) is 19.6 Å². The first-order valence-corrected chi connectivity index (χ1v) is 7.35. The molecule has 0 aromatic heterocycles. The minimum absolute atomic E-state index is 0. The van der Waals surface area contributed by atoms with Gasteiger partial charge in [-0.1, -0.05) is 29.3 Å². The molecule has 0 saturated carbocycles. The number of nitrogens with zero attached hydrogens (tertiary/aromatic N) is 1. The van der Waals surface area contributed by atoms with Crippen LogP contribution in [-0.2, 0) is 11.3 Å². The van der Waals surface area contributed by atoms with Gasteiger partial charge in [-0.2, -0.15) is 0 Å². The molecule has 2 rings (SSSR count). The number of amides is 1. The fraction of sp³-hybridized carbons (Fsp3) is 0.500. The Balaban J connectivity index is 0.00000200. The van der Waals surface area contributed by atoms with E-state index < -0.39 is 0 Å². The Kier molecular flexibility index (Phi) is 7.67. The summed E-state index contributed by atoms with van der Waals surface area (Å²) in [6.07, 6.45) is 2.66. The normalized spacial score (nSPS) is 14.5. The molecule has 1 saturated heterocycles. The summed E-state index contributed by atoms with van der Waals surface area (Å²) in [5.74, 6) is 0.286. The first-order valence-electron chi connectivity index (χ1n) is 6.60. The molecule has 1 amide bonds. The molecule has 1 aromatic rings. The van der Waals surface area contributed by atoms with Crippen molar-refractivity contribution >= 4 is 41.5 Å². The van der Waals surface area contributed by atoms with Crippen LogP contribution in [0.15, 0.2) is 18.2 Å². The van der Waals surface area contributed by atoms with Crippen molar-refractivity contribution in [2.45, 2.75) is 25.8 Å². The first kappa shape index (κ1) is 17.6. The van der Waals surface area contributed by atoms with Gasteiger partial charge in [-0.15, -0.1) is 12.4 Å².